The van der Waals surface area contributed by atoms with Crippen LogP contribution >= 0.6 is 0 Å². The minimum atomic E-state index is -0.744. The van der Waals surface area contributed by atoms with Gasteiger partial charge in [-0.3, -0.25) is 19.8 Å². The van der Waals surface area contributed by atoms with E-state index in [1.165, 1.54) is 4.90 Å². The Labute approximate surface area is 114 Å². The van der Waals surface area contributed by atoms with Crippen LogP contribution in [-0.4, -0.2) is 28.8 Å². The van der Waals surface area contributed by atoms with Gasteiger partial charge in [0, 0.05) is 6.04 Å². The van der Waals surface area contributed by atoms with E-state index >= 15 is 0 Å². The number of nitrogens with zero attached hydrogens (tertiary/aromatic N) is 1. The molecule has 1 aliphatic rings. The number of rotatable bonds is 6. The van der Waals surface area contributed by atoms with Crippen molar-refractivity contribution in [1.29, 1.82) is 0 Å². The van der Waals surface area contributed by atoms with Crippen molar-refractivity contribution >= 4 is 17.8 Å². The Hall–Kier alpha value is -1.39. The van der Waals surface area contributed by atoms with Crippen LogP contribution in [0.15, 0.2) is 0 Å². The number of hydrogen-bond donors (Lipinski definition) is 1. The van der Waals surface area contributed by atoms with Crippen molar-refractivity contribution in [2.24, 2.45) is 11.8 Å². The average molecular weight is 268 g/mol. The predicted molar refractivity (Wildman–Crippen MR) is 72.3 cm³/mol. The van der Waals surface area contributed by atoms with E-state index < -0.39 is 17.9 Å². The minimum absolute atomic E-state index is 0.106. The summed E-state index contributed by atoms with van der Waals surface area (Å²) in [6, 6.07) is -0.732. The molecule has 5 nitrogen and oxygen atoms in total. The lowest BCUT2D eigenvalue weighted by Gasteiger charge is -2.35. The van der Waals surface area contributed by atoms with Crippen molar-refractivity contribution < 1.29 is 14.4 Å². The molecule has 0 aliphatic carbocycles. The van der Waals surface area contributed by atoms with Gasteiger partial charge < -0.3 is 0 Å². The van der Waals surface area contributed by atoms with Gasteiger partial charge in [-0.15, -0.1) is 0 Å². The third kappa shape index (κ3) is 3.55. The smallest absolute Gasteiger partial charge is 0.277 e. The van der Waals surface area contributed by atoms with Gasteiger partial charge in [-0.05, 0) is 19.3 Å². The normalized spacial score (nSPS) is 21.8. The highest BCUT2D eigenvalue weighted by Gasteiger charge is 2.43. The molecule has 1 heterocycles. The second-order valence-corrected chi connectivity index (χ2v) is 5.57. The monoisotopic (exact) mass is 268 g/mol. The molecule has 1 saturated heterocycles. The van der Waals surface area contributed by atoms with Gasteiger partial charge >= 0.3 is 6.03 Å². The molecule has 19 heavy (non-hydrogen) atoms. The van der Waals surface area contributed by atoms with Gasteiger partial charge in [0.2, 0.25) is 11.8 Å². The lowest BCUT2D eigenvalue weighted by Crippen LogP contribution is -2.61. The zero-order valence-corrected chi connectivity index (χ0v) is 12.2. The summed E-state index contributed by atoms with van der Waals surface area (Å²) in [5, 5.41) is 2.29. The summed E-state index contributed by atoms with van der Waals surface area (Å²) in [4.78, 5) is 37.1. The Kier molecular flexibility index (Phi) is 5.51. The van der Waals surface area contributed by atoms with Crippen molar-refractivity contribution in [2.45, 2.75) is 59.4 Å². The molecule has 5 heteroatoms. The molecule has 0 aromatic rings. The zero-order valence-electron chi connectivity index (χ0n) is 12.2. The first-order chi connectivity index (χ1) is 8.90. The van der Waals surface area contributed by atoms with E-state index in [-0.39, 0.29) is 17.9 Å². The van der Waals surface area contributed by atoms with E-state index in [1.54, 1.807) is 0 Å². The number of nitrogens with one attached hydrogen (secondary N) is 1. The summed E-state index contributed by atoms with van der Waals surface area (Å²) in [5.41, 5.74) is 0. The number of amides is 4. The number of barbiturate groups is 1. The summed E-state index contributed by atoms with van der Waals surface area (Å²) in [6.45, 7) is 7.60. The van der Waals surface area contributed by atoms with E-state index in [0.717, 1.165) is 25.7 Å². The molecular weight excluding hydrogens is 244 g/mol. The molecule has 0 aromatic carbocycles. The summed E-state index contributed by atoms with van der Waals surface area (Å²) < 4.78 is 0. The maximum absolute atomic E-state index is 12.3. The molecule has 1 N–H and O–H groups in total. The number of unbranched alkanes of at least 4 members (excludes halogenated alkanes) is 2. The third-order valence-corrected chi connectivity index (χ3v) is 3.57. The van der Waals surface area contributed by atoms with E-state index in [0.29, 0.717) is 0 Å². The van der Waals surface area contributed by atoms with Gasteiger partial charge in [0.25, 0.3) is 0 Å². The van der Waals surface area contributed by atoms with Crippen LogP contribution in [0, 0.1) is 11.8 Å². The van der Waals surface area contributed by atoms with Gasteiger partial charge in [0.05, 0.1) is 0 Å². The van der Waals surface area contributed by atoms with Gasteiger partial charge in [-0.1, -0.05) is 40.0 Å². The van der Waals surface area contributed by atoms with Crippen LogP contribution in [0.4, 0.5) is 4.79 Å². The number of imide groups is 2. The molecule has 4 amide bonds. The van der Waals surface area contributed by atoms with Crippen LogP contribution in [-0.2, 0) is 9.59 Å². The van der Waals surface area contributed by atoms with Crippen molar-refractivity contribution in [3.63, 3.8) is 0 Å². The minimum Gasteiger partial charge on any atom is -0.277 e. The molecule has 2 atom stereocenters. The molecule has 0 spiro atoms. The molecular formula is C14H24N2O3. The average Bonchev–Trinajstić information content (AvgIpc) is 2.27. The molecule has 0 saturated carbocycles. The Morgan fingerprint density at radius 3 is 2.32 bits per heavy atom. The first kappa shape index (κ1) is 15.7. The maximum atomic E-state index is 12.3. The van der Waals surface area contributed by atoms with Gasteiger partial charge in [-0.2, -0.15) is 0 Å². The Morgan fingerprint density at radius 2 is 1.79 bits per heavy atom. The summed E-state index contributed by atoms with van der Waals surface area (Å²) in [7, 11) is 0. The molecule has 108 valence electrons. The maximum Gasteiger partial charge on any atom is 0.331 e. The number of carbonyl (C=O) groups is 3. The molecule has 0 radical (unpaired) electrons. The largest absolute Gasteiger partial charge is 0.331 e. The van der Waals surface area contributed by atoms with Gasteiger partial charge in [0.1, 0.15) is 5.92 Å². The van der Waals surface area contributed by atoms with Crippen LogP contribution in [0.2, 0.25) is 0 Å². The first-order valence-electron chi connectivity index (χ1n) is 7.08. The highest BCUT2D eigenvalue weighted by molar-refractivity contribution is 6.16. The second-order valence-electron chi connectivity index (χ2n) is 5.57. The fourth-order valence-electron chi connectivity index (χ4n) is 2.43. The van der Waals surface area contributed by atoms with E-state index in [2.05, 4.69) is 12.2 Å². The summed E-state index contributed by atoms with van der Waals surface area (Å²) in [5.74, 6) is -1.67. The van der Waals surface area contributed by atoms with Crippen LogP contribution < -0.4 is 5.32 Å². The summed E-state index contributed by atoms with van der Waals surface area (Å²) in [6.07, 6.45) is 3.95. The summed E-state index contributed by atoms with van der Waals surface area (Å²) >= 11 is 0. The van der Waals surface area contributed by atoms with E-state index in [4.69, 9.17) is 0 Å². The highest BCUT2D eigenvalue weighted by Crippen LogP contribution is 2.22. The van der Waals surface area contributed by atoms with Gasteiger partial charge in [0.15, 0.2) is 0 Å². The van der Waals surface area contributed by atoms with Crippen LogP contribution in [0.3, 0.4) is 0 Å². The quantitative estimate of drug-likeness (QED) is 0.594. The third-order valence-electron chi connectivity index (χ3n) is 3.57. The first-order valence-corrected chi connectivity index (χ1v) is 7.08. The second kappa shape index (κ2) is 6.68. The molecule has 1 rings (SSSR count). The fourth-order valence-corrected chi connectivity index (χ4v) is 2.43. The standard InChI is InChI=1S/C14H24N2O3/c1-5-6-7-8-10(4)16-13(18)11(9(2)3)12(17)15-14(16)19/h9-11H,5-8H2,1-4H3,(H,15,17,19). The van der Waals surface area contributed by atoms with Gasteiger partial charge in [-0.25, -0.2) is 4.79 Å². The molecule has 1 aliphatic heterocycles. The van der Waals surface area contributed by atoms with Crippen LogP contribution in [0.5, 0.6) is 0 Å². The number of urea groups is 1. The molecule has 0 bridgehead atoms. The number of carbonyl (C=O) groups excluding carboxylic acids is 3. The van der Waals surface area contributed by atoms with Crippen molar-refractivity contribution in [1.82, 2.24) is 10.2 Å². The number of hydrogen-bond acceptors (Lipinski definition) is 3. The highest BCUT2D eigenvalue weighted by atomic mass is 16.2. The fraction of sp³-hybridized carbons (Fsp3) is 0.786. The predicted octanol–water partition coefficient (Wildman–Crippen LogP) is 2.31. The van der Waals surface area contributed by atoms with Crippen LogP contribution in [0.25, 0.3) is 0 Å². The lowest BCUT2D eigenvalue weighted by molar-refractivity contribution is -0.145. The van der Waals surface area contributed by atoms with Crippen LogP contribution in [0.1, 0.15) is 53.4 Å². The Bertz CT molecular complexity index is 366. The topological polar surface area (TPSA) is 66.5 Å². The zero-order chi connectivity index (χ0) is 14.6. The lowest BCUT2D eigenvalue weighted by atomic mass is 9.91. The van der Waals surface area contributed by atoms with Crippen molar-refractivity contribution in [3.8, 4) is 0 Å². The Morgan fingerprint density at radius 1 is 1.16 bits per heavy atom. The van der Waals surface area contributed by atoms with Crippen molar-refractivity contribution in [2.75, 3.05) is 0 Å². The van der Waals surface area contributed by atoms with E-state index in [9.17, 15) is 14.4 Å². The molecule has 2 unspecified atom stereocenters. The van der Waals surface area contributed by atoms with Crippen molar-refractivity contribution in [3.05, 3.63) is 0 Å². The van der Waals surface area contributed by atoms with E-state index in [1.807, 2.05) is 20.8 Å². The molecule has 1 fully saturated rings. The molecule has 0 aromatic heterocycles. The Balaban J connectivity index is 2.78. The SMILES string of the molecule is CCCCCC(C)N1C(=O)NC(=O)C(C(C)C)C1=O.